The molecular formula is C14H24N2O. The molecule has 0 saturated heterocycles. The second-order valence-corrected chi connectivity index (χ2v) is 6.32. The molecule has 0 aromatic rings. The monoisotopic (exact) mass is 236 g/mol. The molecule has 0 spiro atoms. The van der Waals surface area contributed by atoms with Gasteiger partial charge in [0.15, 0.2) is 0 Å². The predicted octanol–water partition coefficient (Wildman–Crippen LogP) is 1.81. The van der Waals surface area contributed by atoms with Gasteiger partial charge in [-0.15, -0.1) is 0 Å². The van der Waals surface area contributed by atoms with Crippen molar-refractivity contribution in [2.75, 3.05) is 0 Å². The van der Waals surface area contributed by atoms with Gasteiger partial charge >= 0.3 is 0 Å². The lowest BCUT2D eigenvalue weighted by molar-refractivity contribution is -0.127. The summed E-state index contributed by atoms with van der Waals surface area (Å²) in [6.45, 7) is 0. The molecule has 3 aliphatic carbocycles. The lowest BCUT2D eigenvalue weighted by Gasteiger charge is -2.27. The Bertz CT molecular complexity index is 277. The Morgan fingerprint density at radius 2 is 1.47 bits per heavy atom. The molecule has 3 saturated carbocycles. The maximum Gasteiger partial charge on any atom is 0.223 e. The van der Waals surface area contributed by atoms with E-state index in [1.165, 1.54) is 25.7 Å². The molecule has 0 aliphatic heterocycles. The normalized spacial score (nSPS) is 33.8. The summed E-state index contributed by atoms with van der Waals surface area (Å²) in [5, 5.41) is 3.35. The summed E-state index contributed by atoms with van der Waals surface area (Å²) in [7, 11) is 0. The third kappa shape index (κ3) is 2.82. The largest absolute Gasteiger partial charge is 0.353 e. The molecule has 0 aromatic carbocycles. The quantitative estimate of drug-likeness (QED) is 0.782. The van der Waals surface area contributed by atoms with E-state index in [9.17, 15) is 4.79 Å². The van der Waals surface area contributed by atoms with Crippen molar-refractivity contribution >= 4 is 5.91 Å². The fourth-order valence-corrected chi connectivity index (χ4v) is 3.19. The smallest absolute Gasteiger partial charge is 0.223 e. The van der Waals surface area contributed by atoms with Gasteiger partial charge in [0.1, 0.15) is 0 Å². The highest BCUT2D eigenvalue weighted by Gasteiger charge is 2.42. The number of rotatable bonds is 4. The van der Waals surface area contributed by atoms with E-state index in [-0.39, 0.29) is 5.92 Å². The minimum atomic E-state index is 0.245. The minimum absolute atomic E-state index is 0.245. The Kier molecular flexibility index (Phi) is 3.12. The first kappa shape index (κ1) is 11.5. The molecule has 17 heavy (non-hydrogen) atoms. The van der Waals surface area contributed by atoms with Crippen LogP contribution in [0.2, 0.25) is 0 Å². The highest BCUT2D eigenvalue weighted by atomic mass is 16.1. The van der Waals surface area contributed by atoms with Crippen LogP contribution in [0.4, 0.5) is 0 Å². The first-order valence-corrected chi connectivity index (χ1v) is 7.30. The van der Waals surface area contributed by atoms with E-state index in [1.807, 2.05) is 0 Å². The molecule has 3 fully saturated rings. The topological polar surface area (TPSA) is 55.1 Å². The molecule has 0 bridgehead atoms. The van der Waals surface area contributed by atoms with Crippen molar-refractivity contribution in [2.24, 2.45) is 23.5 Å². The van der Waals surface area contributed by atoms with Crippen molar-refractivity contribution in [1.82, 2.24) is 5.32 Å². The summed E-state index contributed by atoms with van der Waals surface area (Å²) in [5.41, 5.74) is 5.88. The molecule has 3 N–H and O–H groups in total. The van der Waals surface area contributed by atoms with Gasteiger partial charge in [-0.05, 0) is 63.2 Å². The van der Waals surface area contributed by atoms with Crippen molar-refractivity contribution in [3.63, 3.8) is 0 Å². The van der Waals surface area contributed by atoms with Gasteiger partial charge in [-0.2, -0.15) is 0 Å². The van der Waals surface area contributed by atoms with E-state index in [1.54, 1.807) is 0 Å². The molecule has 96 valence electrons. The third-order valence-electron chi connectivity index (χ3n) is 4.71. The van der Waals surface area contributed by atoms with Crippen molar-refractivity contribution in [2.45, 2.75) is 63.5 Å². The number of hydrogen-bond donors (Lipinski definition) is 2. The Hall–Kier alpha value is -0.570. The first-order chi connectivity index (χ1) is 8.24. The molecule has 3 rings (SSSR count). The van der Waals surface area contributed by atoms with Crippen LogP contribution < -0.4 is 11.1 Å². The Labute approximate surface area is 104 Å². The van der Waals surface area contributed by atoms with Crippen LogP contribution >= 0.6 is 0 Å². The van der Waals surface area contributed by atoms with Crippen LogP contribution in [-0.4, -0.2) is 18.0 Å². The second kappa shape index (κ2) is 4.60. The molecule has 3 nitrogen and oxygen atoms in total. The first-order valence-electron chi connectivity index (χ1n) is 7.30. The molecular weight excluding hydrogens is 212 g/mol. The molecule has 3 aliphatic rings. The van der Waals surface area contributed by atoms with Crippen molar-refractivity contribution in [3.8, 4) is 0 Å². The highest BCUT2D eigenvalue weighted by molar-refractivity contribution is 5.79. The third-order valence-corrected chi connectivity index (χ3v) is 4.71. The van der Waals surface area contributed by atoms with E-state index >= 15 is 0 Å². The maximum absolute atomic E-state index is 12.2. The SMILES string of the molecule is NC1CCC(C(=O)NC(C2CC2)C2CC2)CC1. The van der Waals surface area contributed by atoms with Gasteiger partial charge in [-0.1, -0.05) is 0 Å². The summed E-state index contributed by atoms with van der Waals surface area (Å²) in [4.78, 5) is 12.2. The van der Waals surface area contributed by atoms with E-state index in [2.05, 4.69) is 5.32 Å². The maximum atomic E-state index is 12.2. The number of carbonyl (C=O) groups is 1. The number of nitrogens with one attached hydrogen (secondary N) is 1. The average Bonchev–Trinajstić information content (AvgIpc) is 3.17. The minimum Gasteiger partial charge on any atom is -0.353 e. The van der Waals surface area contributed by atoms with E-state index < -0.39 is 0 Å². The zero-order valence-electron chi connectivity index (χ0n) is 10.5. The van der Waals surface area contributed by atoms with Gasteiger partial charge < -0.3 is 11.1 Å². The van der Waals surface area contributed by atoms with Crippen LogP contribution in [0.5, 0.6) is 0 Å². The number of hydrogen-bond acceptors (Lipinski definition) is 2. The van der Waals surface area contributed by atoms with E-state index in [0.29, 0.717) is 18.0 Å². The fourth-order valence-electron chi connectivity index (χ4n) is 3.19. The van der Waals surface area contributed by atoms with E-state index in [4.69, 9.17) is 5.73 Å². The Balaban J connectivity index is 1.51. The van der Waals surface area contributed by atoms with Crippen molar-refractivity contribution in [3.05, 3.63) is 0 Å². The lowest BCUT2D eigenvalue weighted by atomic mass is 9.85. The van der Waals surface area contributed by atoms with Gasteiger partial charge in [-0.3, -0.25) is 4.79 Å². The van der Waals surface area contributed by atoms with Gasteiger partial charge in [0.25, 0.3) is 0 Å². The average molecular weight is 236 g/mol. The zero-order chi connectivity index (χ0) is 11.8. The summed E-state index contributed by atoms with van der Waals surface area (Å²) in [6.07, 6.45) is 9.36. The standard InChI is InChI=1S/C14H24N2O/c15-12-7-5-11(6-8-12)14(17)16-13(9-1-2-9)10-3-4-10/h9-13H,1-8,15H2,(H,16,17). The molecule has 0 radical (unpaired) electrons. The second-order valence-electron chi connectivity index (χ2n) is 6.32. The van der Waals surface area contributed by atoms with Crippen LogP contribution in [-0.2, 0) is 4.79 Å². The van der Waals surface area contributed by atoms with Crippen molar-refractivity contribution in [1.29, 1.82) is 0 Å². The van der Waals surface area contributed by atoms with Crippen LogP contribution in [0, 0.1) is 17.8 Å². The van der Waals surface area contributed by atoms with Crippen LogP contribution in [0.1, 0.15) is 51.4 Å². The van der Waals surface area contributed by atoms with Gasteiger partial charge in [0, 0.05) is 18.0 Å². The number of amides is 1. The van der Waals surface area contributed by atoms with Gasteiger partial charge in [0.05, 0.1) is 0 Å². The Morgan fingerprint density at radius 3 is 1.94 bits per heavy atom. The van der Waals surface area contributed by atoms with Crippen LogP contribution in [0.15, 0.2) is 0 Å². The predicted molar refractivity (Wildman–Crippen MR) is 67.3 cm³/mol. The lowest BCUT2D eigenvalue weighted by Crippen LogP contribution is -2.43. The van der Waals surface area contributed by atoms with Crippen LogP contribution in [0.3, 0.4) is 0 Å². The number of nitrogens with two attached hydrogens (primary N) is 1. The van der Waals surface area contributed by atoms with E-state index in [0.717, 1.165) is 37.5 Å². The Morgan fingerprint density at radius 1 is 0.941 bits per heavy atom. The molecule has 0 heterocycles. The molecule has 0 aromatic heterocycles. The van der Waals surface area contributed by atoms with Crippen molar-refractivity contribution < 1.29 is 4.79 Å². The number of carbonyl (C=O) groups excluding carboxylic acids is 1. The summed E-state index contributed by atoms with van der Waals surface area (Å²) >= 11 is 0. The zero-order valence-corrected chi connectivity index (χ0v) is 10.5. The molecule has 0 unspecified atom stereocenters. The van der Waals surface area contributed by atoms with Gasteiger partial charge in [-0.25, -0.2) is 0 Å². The molecule has 1 amide bonds. The molecule has 3 heteroatoms. The molecule has 0 atom stereocenters. The fraction of sp³-hybridized carbons (Fsp3) is 0.929. The van der Waals surface area contributed by atoms with Crippen LogP contribution in [0.25, 0.3) is 0 Å². The summed E-state index contributed by atoms with van der Waals surface area (Å²) < 4.78 is 0. The van der Waals surface area contributed by atoms with Gasteiger partial charge in [0.2, 0.25) is 5.91 Å². The summed E-state index contributed by atoms with van der Waals surface area (Å²) in [5.74, 6) is 2.17. The highest BCUT2D eigenvalue weighted by Crippen LogP contribution is 2.44. The summed E-state index contributed by atoms with van der Waals surface area (Å²) in [6, 6.07) is 0.847.